The molecule has 0 rings (SSSR count). The Labute approximate surface area is 47.2 Å². The molecule has 8 heavy (non-hydrogen) atoms. The molecule has 4 heteroatoms. The Bertz CT molecular complexity index is 65.7. The van der Waals surface area contributed by atoms with Gasteiger partial charge in [-0.1, -0.05) is 0 Å². The number of aliphatic hydroxyl groups is 1. The van der Waals surface area contributed by atoms with Gasteiger partial charge in [-0.2, -0.15) is 0 Å². The maximum atomic E-state index is 10.2. The molecule has 0 spiro atoms. The Morgan fingerprint density at radius 2 is 2.38 bits per heavy atom. The number of ether oxygens (including phenoxy) is 1. The summed E-state index contributed by atoms with van der Waals surface area (Å²) >= 11 is 0. The van der Waals surface area contributed by atoms with Gasteiger partial charge >= 0.3 is 5.97 Å². The second-order valence-corrected chi connectivity index (χ2v) is 1.18. The normalized spacial score (nSPS) is 8.75. The molecule has 0 aromatic rings. The summed E-state index contributed by atoms with van der Waals surface area (Å²) in [5, 5.41) is 7.98. The van der Waals surface area contributed by atoms with E-state index in [9.17, 15) is 4.79 Å². The highest BCUT2D eigenvalue weighted by Crippen LogP contribution is 1.79. The van der Waals surface area contributed by atoms with Crippen LogP contribution in [-0.4, -0.2) is 24.4 Å². The lowest BCUT2D eigenvalue weighted by atomic mass is 10.4. The van der Waals surface area contributed by atoms with E-state index in [1.165, 1.54) is 0 Å². The Morgan fingerprint density at radius 1 is 1.75 bits per heavy atom. The van der Waals surface area contributed by atoms with Crippen molar-refractivity contribution in [3.05, 3.63) is 0 Å². The first kappa shape index (κ1) is 7.39. The molecule has 0 aromatic carbocycles. The number of esters is 1. The van der Waals surface area contributed by atoms with E-state index in [0.717, 1.165) is 0 Å². The fourth-order valence-electron chi connectivity index (χ4n) is 0.262. The van der Waals surface area contributed by atoms with E-state index in [0.29, 0.717) is 0 Å². The minimum absolute atomic E-state index is 0.167. The van der Waals surface area contributed by atoms with Gasteiger partial charge in [0.2, 0.25) is 0 Å². The van der Waals surface area contributed by atoms with E-state index in [-0.39, 0.29) is 13.0 Å². The first-order valence-electron chi connectivity index (χ1n) is 2.27. The fraction of sp³-hybridized carbons (Fsp3) is 0.750. The van der Waals surface area contributed by atoms with Crippen LogP contribution in [0.3, 0.4) is 0 Å². The number of hydrogen-bond donors (Lipinski definition) is 2. The van der Waals surface area contributed by atoms with Gasteiger partial charge in [-0.3, -0.25) is 4.79 Å². The third-order valence-electron chi connectivity index (χ3n) is 0.574. The van der Waals surface area contributed by atoms with Gasteiger partial charge in [0.15, 0.2) is 6.79 Å². The summed E-state index contributed by atoms with van der Waals surface area (Å²) in [6.45, 7) is -0.294. The van der Waals surface area contributed by atoms with Gasteiger partial charge in [0.25, 0.3) is 0 Å². The van der Waals surface area contributed by atoms with Crippen molar-refractivity contribution in [3.8, 4) is 0 Å². The van der Waals surface area contributed by atoms with Gasteiger partial charge in [-0.05, 0) is 0 Å². The van der Waals surface area contributed by atoms with Crippen LogP contribution in [0.15, 0.2) is 0 Å². The van der Waals surface area contributed by atoms with Gasteiger partial charge in [0.1, 0.15) is 0 Å². The minimum Gasteiger partial charge on any atom is -0.439 e. The number of carbonyl (C=O) groups excluding carboxylic acids is 1. The standard InChI is InChI=1S/C4H9NO3/c5-2-1-4(7)8-3-6/h6H,1-3,5H2. The molecule has 0 atom stereocenters. The Hall–Kier alpha value is -0.610. The third-order valence-corrected chi connectivity index (χ3v) is 0.574. The Balaban J connectivity index is 3.06. The van der Waals surface area contributed by atoms with Crippen molar-refractivity contribution in [2.75, 3.05) is 13.3 Å². The lowest BCUT2D eigenvalue weighted by Crippen LogP contribution is -2.11. The number of nitrogens with two attached hydrogens (primary N) is 1. The van der Waals surface area contributed by atoms with Crippen molar-refractivity contribution in [2.24, 2.45) is 5.73 Å². The number of rotatable bonds is 3. The summed E-state index contributed by atoms with van der Waals surface area (Å²) in [7, 11) is 0. The summed E-state index contributed by atoms with van der Waals surface area (Å²) < 4.78 is 4.12. The zero-order chi connectivity index (χ0) is 6.41. The molecule has 3 N–H and O–H groups in total. The highest BCUT2D eigenvalue weighted by molar-refractivity contribution is 5.69. The van der Waals surface area contributed by atoms with Gasteiger partial charge in [-0.15, -0.1) is 0 Å². The average molecular weight is 119 g/mol. The largest absolute Gasteiger partial charge is 0.439 e. The monoisotopic (exact) mass is 119 g/mol. The molecule has 0 amide bonds. The fourth-order valence-corrected chi connectivity index (χ4v) is 0.262. The second-order valence-electron chi connectivity index (χ2n) is 1.18. The van der Waals surface area contributed by atoms with Crippen molar-refractivity contribution < 1.29 is 14.6 Å². The summed E-state index contributed by atoms with van der Waals surface area (Å²) in [4.78, 5) is 10.2. The maximum absolute atomic E-state index is 10.2. The van der Waals surface area contributed by atoms with E-state index in [1.54, 1.807) is 0 Å². The molecule has 0 heterocycles. The number of aliphatic hydroxyl groups excluding tert-OH is 1. The molecule has 0 bridgehead atoms. The Kier molecular flexibility index (Phi) is 4.20. The minimum atomic E-state index is -0.557. The molecule has 0 aliphatic carbocycles. The smallest absolute Gasteiger partial charge is 0.309 e. The SMILES string of the molecule is NCCC(=O)OCO. The summed E-state index contributed by atoms with van der Waals surface area (Å²) in [5.74, 6) is -0.463. The molecule has 0 saturated heterocycles. The number of hydrogen-bond acceptors (Lipinski definition) is 4. The van der Waals surface area contributed by atoms with Gasteiger partial charge in [-0.25, -0.2) is 0 Å². The quantitative estimate of drug-likeness (QED) is 0.362. The summed E-state index contributed by atoms with van der Waals surface area (Å²) in [5.41, 5.74) is 4.98. The van der Waals surface area contributed by atoms with Crippen LogP contribution in [0.5, 0.6) is 0 Å². The van der Waals surface area contributed by atoms with Crippen molar-refractivity contribution in [2.45, 2.75) is 6.42 Å². The molecule has 0 aliphatic heterocycles. The van der Waals surface area contributed by atoms with Crippen molar-refractivity contribution >= 4 is 5.97 Å². The van der Waals surface area contributed by atoms with Crippen LogP contribution in [0.2, 0.25) is 0 Å². The topological polar surface area (TPSA) is 72.6 Å². The van der Waals surface area contributed by atoms with Gasteiger partial charge < -0.3 is 15.6 Å². The van der Waals surface area contributed by atoms with Crippen LogP contribution in [0.25, 0.3) is 0 Å². The van der Waals surface area contributed by atoms with Gasteiger partial charge in [0, 0.05) is 6.54 Å². The van der Waals surface area contributed by atoms with E-state index in [2.05, 4.69) is 4.74 Å². The van der Waals surface area contributed by atoms with Crippen molar-refractivity contribution in [1.29, 1.82) is 0 Å². The zero-order valence-electron chi connectivity index (χ0n) is 4.46. The highest BCUT2D eigenvalue weighted by atomic mass is 16.6. The average Bonchev–Trinajstić information content (AvgIpc) is 1.68. The molecule has 0 aliphatic rings. The molecular weight excluding hydrogens is 110 g/mol. The van der Waals surface area contributed by atoms with Crippen LogP contribution < -0.4 is 5.73 Å². The summed E-state index contributed by atoms with van der Waals surface area (Å²) in [6, 6.07) is 0. The van der Waals surface area contributed by atoms with E-state index >= 15 is 0 Å². The molecule has 0 unspecified atom stereocenters. The molecule has 0 aromatic heterocycles. The van der Waals surface area contributed by atoms with Crippen LogP contribution in [0.4, 0.5) is 0 Å². The predicted molar refractivity (Wildman–Crippen MR) is 26.8 cm³/mol. The third kappa shape index (κ3) is 3.58. The van der Waals surface area contributed by atoms with E-state index in [4.69, 9.17) is 10.8 Å². The molecule has 0 fully saturated rings. The highest BCUT2D eigenvalue weighted by Gasteiger charge is 1.96. The molecule has 0 saturated carbocycles. The lowest BCUT2D eigenvalue weighted by Gasteiger charge is -1.95. The van der Waals surface area contributed by atoms with E-state index in [1.807, 2.05) is 0 Å². The Morgan fingerprint density at radius 3 is 2.75 bits per heavy atom. The van der Waals surface area contributed by atoms with Crippen LogP contribution >= 0.6 is 0 Å². The van der Waals surface area contributed by atoms with Crippen LogP contribution in [-0.2, 0) is 9.53 Å². The van der Waals surface area contributed by atoms with Crippen LogP contribution in [0, 0.1) is 0 Å². The molecule has 4 nitrogen and oxygen atoms in total. The van der Waals surface area contributed by atoms with Crippen molar-refractivity contribution in [3.63, 3.8) is 0 Å². The maximum Gasteiger partial charge on any atom is 0.309 e. The molecule has 48 valence electrons. The van der Waals surface area contributed by atoms with Crippen LogP contribution in [0.1, 0.15) is 6.42 Å². The van der Waals surface area contributed by atoms with Crippen molar-refractivity contribution in [1.82, 2.24) is 0 Å². The zero-order valence-corrected chi connectivity index (χ0v) is 4.46. The number of carbonyl (C=O) groups is 1. The van der Waals surface area contributed by atoms with E-state index < -0.39 is 12.8 Å². The summed E-state index contributed by atoms with van der Waals surface area (Å²) in [6.07, 6.45) is 0.167. The molecular formula is C4H9NO3. The first-order chi connectivity index (χ1) is 3.81. The first-order valence-corrected chi connectivity index (χ1v) is 2.27. The second kappa shape index (κ2) is 4.55. The predicted octanol–water partition coefficient (Wildman–Crippen LogP) is -1.17. The van der Waals surface area contributed by atoms with Gasteiger partial charge in [0.05, 0.1) is 6.42 Å². The lowest BCUT2D eigenvalue weighted by molar-refractivity contribution is -0.151. The molecule has 0 radical (unpaired) electrons.